The van der Waals surface area contributed by atoms with Gasteiger partial charge in [0.1, 0.15) is 12.0 Å². The molecule has 2 unspecified atom stereocenters. The molecule has 56 valence electrons. The van der Waals surface area contributed by atoms with Gasteiger partial charge in [-0.05, 0) is 31.8 Å². The lowest BCUT2D eigenvalue weighted by Gasteiger charge is -1.92. The lowest BCUT2D eigenvalue weighted by molar-refractivity contribution is -0.104. The summed E-state index contributed by atoms with van der Waals surface area (Å²) in [5.41, 5.74) is -0.951. The van der Waals surface area contributed by atoms with Crippen LogP contribution in [-0.2, 0) is 4.79 Å². The number of rotatable bonds is 3. The van der Waals surface area contributed by atoms with E-state index in [9.17, 15) is 9.18 Å². The van der Waals surface area contributed by atoms with E-state index < -0.39 is 5.67 Å². The van der Waals surface area contributed by atoms with E-state index >= 15 is 0 Å². The van der Waals surface area contributed by atoms with E-state index in [0.717, 1.165) is 6.29 Å². The first kappa shape index (κ1) is 7.45. The molecule has 0 aliphatic heterocycles. The van der Waals surface area contributed by atoms with Gasteiger partial charge < -0.3 is 0 Å². The number of allylic oxidation sites excluding steroid dienone is 2. The molecular formula is C8H11FO. The van der Waals surface area contributed by atoms with Crippen molar-refractivity contribution in [1.29, 1.82) is 0 Å². The van der Waals surface area contributed by atoms with Gasteiger partial charge in [0.15, 0.2) is 0 Å². The summed E-state index contributed by atoms with van der Waals surface area (Å²) in [6.07, 6.45) is 5.22. The van der Waals surface area contributed by atoms with E-state index in [0.29, 0.717) is 12.8 Å². The molecule has 2 atom stereocenters. The Kier molecular flexibility index (Phi) is 1.88. The molecule has 0 saturated heterocycles. The lowest BCUT2D eigenvalue weighted by Crippen LogP contribution is -1.93. The lowest BCUT2D eigenvalue weighted by atomic mass is 10.2. The van der Waals surface area contributed by atoms with Crippen LogP contribution >= 0.6 is 0 Å². The average molecular weight is 142 g/mol. The van der Waals surface area contributed by atoms with E-state index in [-0.39, 0.29) is 5.92 Å². The molecule has 10 heavy (non-hydrogen) atoms. The van der Waals surface area contributed by atoms with Crippen molar-refractivity contribution >= 4 is 6.29 Å². The van der Waals surface area contributed by atoms with Gasteiger partial charge in [-0.2, -0.15) is 0 Å². The van der Waals surface area contributed by atoms with E-state index in [1.54, 1.807) is 13.0 Å². The number of hydrogen-bond acceptors (Lipinski definition) is 1. The van der Waals surface area contributed by atoms with Crippen LogP contribution in [0.1, 0.15) is 19.8 Å². The van der Waals surface area contributed by atoms with Crippen LogP contribution < -0.4 is 0 Å². The third kappa shape index (κ3) is 1.66. The summed E-state index contributed by atoms with van der Waals surface area (Å²) in [6.45, 7) is 1.60. The zero-order chi connectivity index (χ0) is 7.61. The molecule has 0 amide bonds. The van der Waals surface area contributed by atoms with Gasteiger partial charge in [0.25, 0.3) is 0 Å². The van der Waals surface area contributed by atoms with Gasteiger partial charge in [0, 0.05) is 0 Å². The van der Waals surface area contributed by atoms with Gasteiger partial charge >= 0.3 is 0 Å². The van der Waals surface area contributed by atoms with E-state index in [1.165, 1.54) is 6.08 Å². The van der Waals surface area contributed by atoms with Gasteiger partial charge in [-0.3, -0.25) is 4.79 Å². The minimum atomic E-state index is -0.951. The van der Waals surface area contributed by atoms with Crippen LogP contribution in [-0.4, -0.2) is 12.0 Å². The van der Waals surface area contributed by atoms with Gasteiger partial charge in [0.2, 0.25) is 0 Å². The Balaban J connectivity index is 2.18. The molecule has 0 radical (unpaired) electrons. The first-order valence-corrected chi connectivity index (χ1v) is 3.46. The number of aldehydes is 1. The predicted octanol–water partition coefficient (Wildman–Crippen LogP) is 1.88. The van der Waals surface area contributed by atoms with Crippen molar-refractivity contribution in [2.45, 2.75) is 25.4 Å². The summed E-state index contributed by atoms with van der Waals surface area (Å²) in [5, 5.41) is 0. The first-order chi connectivity index (χ1) is 4.67. The van der Waals surface area contributed by atoms with Crippen LogP contribution in [0, 0.1) is 5.92 Å². The van der Waals surface area contributed by atoms with Gasteiger partial charge in [0.05, 0.1) is 0 Å². The van der Waals surface area contributed by atoms with E-state index in [1.807, 2.05) is 0 Å². The van der Waals surface area contributed by atoms with Gasteiger partial charge in [-0.15, -0.1) is 0 Å². The third-order valence-electron chi connectivity index (χ3n) is 1.97. The van der Waals surface area contributed by atoms with Crippen LogP contribution in [0.5, 0.6) is 0 Å². The van der Waals surface area contributed by atoms with Crippen LogP contribution in [0.15, 0.2) is 12.2 Å². The second-order valence-electron chi connectivity index (χ2n) is 2.98. The highest BCUT2D eigenvalue weighted by Crippen LogP contribution is 2.48. The smallest absolute Gasteiger partial charge is 0.142 e. The summed E-state index contributed by atoms with van der Waals surface area (Å²) in [6, 6.07) is 0. The minimum Gasteiger partial charge on any atom is -0.299 e. The Morgan fingerprint density at radius 2 is 2.40 bits per heavy atom. The van der Waals surface area contributed by atoms with Crippen molar-refractivity contribution in [2.75, 3.05) is 0 Å². The molecule has 1 aliphatic carbocycles. The third-order valence-corrected chi connectivity index (χ3v) is 1.97. The Morgan fingerprint density at radius 1 is 1.80 bits per heavy atom. The first-order valence-electron chi connectivity index (χ1n) is 3.46. The molecule has 1 rings (SSSR count). The molecule has 0 bridgehead atoms. The zero-order valence-electron chi connectivity index (χ0n) is 6.01. The molecule has 2 heteroatoms. The molecule has 0 N–H and O–H groups in total. The molecule has 0 heterocycles. The van der Waals surface area contributed by atoms with Crippen molar-refractivity contribution in [3.63, 3.8) is 0 Å². The predicted molar refractivity (Wildman–Crippen MR) is 37.4 cm³/mol. The van der Waals surface area contributed by atoms with E-state index in [4.69, 9.17) is 0 Å². The molecule has 1 nitrogen and oxygen atoms in total. The molecule has 0 spiro atoms. The fraction of sp³-hybridized carbons (Fsp3) is 0.625. The summed E-state index contributed by atoms with van der Waals surface area (Å²) in [7, 11) is 0. The van der Waals surface area contributed by atoms with Crippen molar-refractivity contribution in [3.8, 4) is 0 Å². The van der Waals surface area contributed by atoms with E-state index in [2.05, 4.69) is 0 Å². The molecule has 1 fully saturated rings. The van der Waals surface area contributed by atoms with Gasteiger partial charge in [-0.25, -0.2) is 4.39 Å². The molecule has 0 aromatic carbocycles. The van der Waals surface area contributed by atoms with Gasteiger partial charge in [-0.1, -0.05) is 6.08 Å². The molecule has 1 saturated carbocycles. The molecule has 1 aliphatic rings. The maximum Gasteiger partial charge on any atom is 0.142 e. The fourth-order valence-electron chi connectivity index (χ4n) is 1.05. The second-order valence-corrected chi connectivity index (χ2v) is 2.98. The Labute approximate surface area is 59.9 Å². The molecule has 0 aromatic rings. The maximum absolute atomic E-state index is 12.8. The topological polar surface area (TPSA) is 17.1 Å². The molecule has 0 aromatic heterocycles. The van der Waals surface area contributed by atoms with Crippen LogP contribution in [0.25, 0.3) is 0 Å². The fourth-order valence-corrected chi connectivity index (χ4v) is 1.05. The Morgan fingerprint density at radius 3 is 2.80 bits per heavy atom. The monoisotopic (exact) mass is 142 g/mol. The zero-order valence-corrected chi connectivity index (χ0v) is 6.01. The number of hydrogen-bond donors (Lipinski definition) is 0. The number of carbonyl (C=O) groups excluding carboxylic acids is 1. The average Bonchev–Trinajstić information content (AvgIpc) is 2.41. The van der Waals surface area contributed by atoms with Crippen LogP contribution in [0.4, 0.5) is 4.39 Å². The normalized spacial score (nSPS) is 38.4. The maximum atomic E-state index is 12.8. The van der Waals surface area contributed by atoms with Crippen molar-refractivity contribution < 1.29 is 9.18 Å². The highest BCUT2D eigenvalue weighted by Gasteiger charge is 2.49. The van der Waals surface area contributed by atoms with Crippen molar-refractivity contribution in [3.05, 3.63) is 12.2 Å². The van der Waals surface area contributed by atoms with Crippen molar-refractivity contribution in [1.82, 2.24) is 0 Å². The van der Waals surface area contributed by atoms with Crippen molar-refractivity contribution in [2.24, 2.45) is 5.92 Å². The highest BCUT2D eigenvalue weighted by atomic mass is 19.1. The molecular weight excluding hydrogens is 131 g/mol. The largest absolute Gasteiger partial charge is 0.299 e. The Bertz CT molecular complexity index is 161. The number of carbonyl (C=O) groups is 1. The summed E-state index contributed by atoms with van der Waals surface area (Å²) in [4.78, 5) is 9.79. The number of halogens is 1. The summed E-state index contributed by atoms with van der Waals surface area (Å²) in [5.74, 6) is 0.156. The number of alkyl halides is 1. The van der Waals surface area contributed by atoms with Crippen LogP contribution in [0.3, 0.4) is 0 Å². The minimum absolute atomic E-state index is 0.156. The summed E-state index contributed by atoms with van der Waals surface area (Å²) < 4.78 is 12.8. The summed E-state index contributed by atoms with van der Waals surface area (Å²) >= 11 is 0. The van der Waals surface area contributed by atoms with Crippen LogP contribution in [0.2, 0.25) is 0 Å². The Hall–Kier alpha value is -0.660. The second kappa shape index (κ2) is 2.52. The standard InChI is InChI=1S/C8H11FO/c1-8(9)6-7(8)4-2-3-5-10/h2-3,5,7H,4,6H2,1H3/b3-2+. The SMILES string of the molecule is CC1(F)CC1C/C=C/C=O. The quantitative estimate of drug-likeness (QED) is 0.434. The highest BCUT2D eigenvalue weighted by molar-refractivity contribution is 5.64.